The second-order valence-electron chi connectivity index (χ2n) is 6.01. The Hall–Kier alpha value is -0.0400. The van der Waals surface area contributed by atoms with E-state index in [2.05, 4.69) is 25.7 Å². The lowest BCUT2D eigenvalue weighted by Gasteiger charge is -2.38. The third-order valence-corrected chi connectivity index (χ3v) is 3.92. The van der Waals surface area contributed by atoms with Crippen LogP contribution in [0.4, 0.5) is 0 Å². The molecular weight excluding hydrogens is 170 g/mol. The van der Waals surface area contributed by atoms with Gasteiger partial charge in [0.05, 0.1) is 0 Å². The van der Waals surface area contributed by atoms with E-state index in [1.165, 1.54) is 38.9 Å². The number of nitrogens with zero attached hydrogens (tertiary/aromatic N) is 1. The van der Waals surface area contributed by atoms with Gasteiger partial charge in [0.25, 0.3) is 0 Å². The Kier molecular flexibility index (Phi) is 3.16. The molecule has 14 heavy (non-hydrogen) atoms. The van der Waals surface area contributed by atoms with Crippen molar-refractivity contribution in [2.24, 2.45) is 23.7 Å². The van der Waals surface area contributed by atoms with Gasteiger partial charge in [0.1, 0.15) is 0 Å². The van der Waals surface area contributed by atoms with Crippen molar-refractivity contribution in [3.63, 3.8) is 0 Å². The van der Waals surface area contributed by atoms with Gasteiger partial charge in [0.15, 0.2) is 0 Å². The summed E-state index contributed by atoms with van der Waals surface area (Å²) in [5.41, 5.74) is 0. The highest BCUT2D eigenvalue weighted by Gasteiger charge is 2.30. The number of hydrogen-bond acceptors (Lipinski definition) is 1. The van der Waals surface area contributed by atoms with Crippen LogP contribution in [0.1, 0.15) is 40.0 Å². The zero-order chi connectivity index (χ0) is 10.1. The minimum absolute atomic E-state index is 0.874. The van der Waals surface area contributed by atoms with E-state index in [4.69, 9.17) is 0 Å². The Morgan fingerprint density at radius 2 is 1.93 bits per heavy atom. The average Bonchev–Trinajstić information content (AvgIpc) is 2.87. The summed E-state index contributed by atoms with van der Waals surface area (Å²) in [6, 6.07) is 0. The molecule has 1 saturated heterocycles. The molecule has 0 amide bonds. The number of rotatable bonds is 3. The monoisotopic (exact) mass is 195 g/mol. The highest BCUT2D eigenvalue weighted by atomic mass is 15.1. The lowest BCUT2D eigenvalue weighted by atomic mass is 9.83. The molecule has 2 fully saturated rings. The van der Waals surface area contributed by atoms with Crippen molar-refractivity contribution < 1.29 is 0 Å². The van der Waals surface area contributed by atoms with Gasteiger partial charge in [-0.25, -0.2) is 0 Å². The molecule has 1 aliphatic heterocycles. The summed E-state index contributed by atoms with van der Waals surface area (Å²) < 4.78 is 0. The lowest BCUT2D eigenvalue weighted by molar-refractivity contribution is 0.103. The fraction of sp³-hybridized carbons (Fsp3) is 1.00. The van der Waals surface area contributed by atoms with Crippen LogP contribution in [0.25, 0.3) is 0 Å². The Morgan fingerprint density at radius 1 is 1.21 bits per heavy atom. The summed E-state index contributed by atoms with van der Waals surface area (Å²) in [4.78, 5) is 2.73. The van der Waals surface area contributed by atoms with Gasteiger partial charge < -0.3 is 4.90 Å². The highest BCUT2D eigenvalue weighted by molar-refractivity contribution is 4.83. The first-order valence-corrected chi connectivity index (χ1v) is 6.37. The standard InChI is InChI=1S/C13H25N/c1-10(2)13-6-11(3)7-14(9-13)8-12-4-5-12/h10-13H,4-9H2,1-3H3/t11-,13-/m0/s1. The average molecular weight is 195 g/mol. The quantitative estimate of drug-likeness (QED) is 0.669. The fourth-order valence-corrected chi connectivity index (χ4v) is 2.81. The van der Waals surface area contributed by atoms with Crippen molar-refractivity contribution in [3.8, 4) is 0 Å². The summed E-state index contributed by atoms with van der Waals surface area (Å²) in [5.74, 6) is 3.82. The molecule has 1 heterocycles. The van der Waals surface area contributed by atoms with Crippen LogP contribution >= 0.6 is 0 Å². The van der Waals surface area contributed by atoms with Crippen molar-refractivity contribution in [1.82, 2.24) is 4.90 Å². The Bertz CT molecular complexity index is 182. The van der Waals surface area contributed by atoms with Crippen LogP contribution in [0.3, 0.4) is 0 Å². The Morgan fingerprint density at radius 3 is 2.50 bits per heavy atom. The molecule has 1 saturated carbocycles. The summed E-state index contributed by atoms with van der Waals surface area (Å²) in [7, 11) is 0. The van der Waals surface area contributed by atoms with Gasteiger partial charge in [-0.15, -0.1) is 0 Å². The zero-order valence-electron chi connectivity index (χ0n) is 10.00. The number of piperidine rings is 1. The van der Waals surface area contributed by atoms with E-state index < -0.39 is 0 Å². The third-order valence-electron chi connectivity index (χ3n) is 3.92. The summed E-state index contributed by atoms with van der Waals surface area (Å²) in [6.45, 7) is 11.3. The molecule has 0 aromatic heterocycles. The van der Waals surface area contributed by atoms with E-state index >= 15 is 0 Å². The second kappa shape index (κ2) is 4.22. The molecule has 0 bridgehead atoms. The van der Waals surface area contributed by atoms with Gasteiger partial charge in [0.2, 0.25) is 0 Å². The van der Waals surface area contributed by atoms with Crippen LogP contribution in [0.15, 0.2) is 0 Å². The first-order valence-electron chi connectivity index (χ1n) is 6.37. The van der Waals surface area contributed by atoms with Gasteiger partial charge in [-0.3, -0.25) is 0 Å². The normalized spacial score (nSPS) is 35.1. The Labute approximate surface area is 88.9 Å². The molecule has 1 aliphatic carbocycles. The molecular formula is C13H25N. The van der Waals surface area contributed by atoms with E-state index in [1.54, 1.807) is 0 Å². The van der Waals surface area contributed by atoms with Gasteiger partial charge in [-0.2, -0.15) is 0 Å². The molecule has 0 spiro atoms. The number of likely N-dealkylation sites (tertiary alicyclic amines) is 1. The molecule has 2 atom stereocenters. The maximum atomic E-state index is 2.73. The smallest absolute Gasteiger partial charge is 0.00124 e. The molecule has 2 rings (SSSR count). The fourth-order valence-electron chi connectivity index (χ4n) is 2.81. The Balaban J connectivity index is 1.84. The van der Waals surface area contributed by atoms with Crippen molar-refractivity contribution in [2.75, 3.05) is 19.6 Å². The molecule has 0 aromatic rings. The topological polar surface area (TPSA) is 3.24 Å². The lowest BCUT2D eigenvalue weighted by Crippen LogP contribution is -2.42. The van der Waals surface area contributed by atoms with E-state index in [9.17, 15) is 0 Å². The van der Waals surface area contributed by atoms with Gasteiger partial charge in [-0.05, 0) is 42.9 Å². The maximum Gasteiger partial charge on any atom is 0.00124 e. The highest BCUT2D eigenvalue weighted by Crippen LogP contribution is 2.33. The van der Waals surface area contributed by atoms with Crippen molar-refractivity contribution >= 4 is 0 Å². The molecule has 1 heteroatoms. The van der Waals surface area contributed by atoms with E-state index in [1.807, 2.05) is 0 Å². The zero-order valence-corrected chi connectivity index (χ0v) is 10.00. The van der Waals surface area contributed by atoms with Crippen molar-refractivity contribution in [2.45, 2.75) is 40.0 Å². The summed E-state index contributed by atoms with van der Waals surface area (Å²) in [6.07, 6.45) is 4.45. The van der Waals surface area contributed by atoms with E-state index in [0.717, 1.165) is 23.7 Å². The number of hydrogen-bond donors (Lipinski definition) is 0. The van der Waals surface area contributed by atoms with Crippen LogP contribution in [0.2, 0.25) is 0 Å². The van der Waals surface area contributed by atoms with E-state index in [-0.39, 0.29) is 0 Å². The van der Waals surface area contributed by atoms with Crippen molar-refractivity contribution in [1.29, 1.82) is 0 Å². The van der Waals surface area contributed by atoms with Crippen molar-refractivity contribution in [3.05, 3.63) is 0 Å². The first kappa shape index (κ1) is 10.5. The molecule has 82 valence electrons. The third kappa shape index (κ3) is 2.73. The minimum atomic E-state index is 0.874. The largest absolute Gasteiger partial charge is 0.303 e. The van der Waals surface area contributed by atoms with E-state index in [0.29, 0.717) is 0 Å². The molecule has 2 aliphatic rings. The van der Waals surface area contributed by atoms with Gasteiger partial charge in [-0.1, -0.05) is 20.8 Å². The SMILES string of the molecule is CC(C)[C@H]1C[C@H](C)CN(CC2CC2)C1. The molecule has 1 nitrogen and oxygen atoms in total. The molecule has 0 aromatic carbocycles. The second-order valence-corrected chi connectivity index (χ2v) is 6.01. The predicted octanol–water partition coefficient (Wildman–Crippen LogP) is 3.01. The summed E-state index contributed by atoms with van der Waals surface area (Å²) >= 11 is 0. The maximum absolute atomic E-state index is 2.73. The van der Waals surface area contributed by atoms with Crippen LogP contribution in [-0.2, 0) is 0 Å². The van der Waals surface area contributed by atoms with Crippen LogP contribution < -0.4 is 0 Å². The van der Waals surface area contributed by atoms with Crippen LogP contribution in [-0.4, -0.2) is 24.5 Å². The van der Waals surface area contributed by atoms with Gasteiger partial charge >= 0.3 is 0 Å². The van der Waals surface area contributed by atoms with Crippen LogP contribution in [0, 0.1) is 23.7 Å². The molecule has 0 radical (unpaired) electrons. The summed E-state index contributed by atoms with van der Waals surface area (Å²) in [5, 5.41) is 0. The predicted molar refractivity (Wildman–Crippen MR) is 61.3 cm³/mol. The van der Waals surface area contributed by atoms with Crippen LogP contribution in [0.5, 0.6) is 0 Å². The minimum Gasteiger partial charge on any atom is -0.303 e. The first-order chi connectivity index (χ1) is 6.65. The molecule has 0 N–H and O–H groups in total. The molecule has 0 unspecified atom stereocenters. The van der Waals surface area contributed by atoms with Gasteiger partial charge in [0, 0.05) is 19.6 Å².